The maximum absolute atomic E-state index is 12.2. The Balaban J connectivity index is 2.46. The highest BCUT2D eigenvalue weighted by Gasteiger charge is 2.23. The standard InChI is InChI=1S/C15H27N3O2S/c1-11(2)18(14(19)20-15(4,5)6)8-7-17-12(3)13-9-16-10-21-13/h9-12,17H,7-8H2,1-6H3. The molecule has 0 bridgehead atoms. The molecule has 0 aromatic carbocycles. The lowest BCUT2D eigenvalue weighted by atomic mass is 10.2. The largest absolute Gasteiger partial charge is 0.444 e. The van der Waals surface area contributed by atoms with Crippen molar-refractivity contribution in [2.24, 2.45) is 0 Å². The number of rotatable bonds is 6. The van der Waals surface area contributed by atoms with Crippen LogP contribution >= 0.6 is 11.3 Å². The van der Waals surface area contributed by atoms with Gasteiger partial charge >= 0.3 is 6.09 Å². The summed E-state index contributed by atoms with van der Waals surface area (Å²) in [7, 11) is 0. The maximum atomic E-state index is 12.2. The molecule has 6 heteroatoms. The van der Waals surface area contributed by atoms with Gasteiger partial charge in [0.05, 0.1) is 5.51 Å². The van der Waals surface area contributed by atoms with Gasteiger partial charge in [-0.3, -0.25) is 4.98 Å². The van der Waals surface area contributed by atoms with E-state index in [1.807, 2.05) is 46.3 Å². The average molecular weight is 313 g/mol. The quantitative estimate of drug-likeness (QED) is 0.874. The summed E-state index contributed by atoms with van der Waals surface area (Å²) in [5.41, 5.74) is 1.36. The molecule has 5 nitrogen and oxygen atoms in total. The topological polar surface area (TPSA) is 54.5 Å². The third-order valence-electron chi connectivity index (χ3n) is 2.93. The second-order valence-corrected chi connectivity index (χ2v) is 7.27. The van der Waals surface area contributed by atoms with E-state index in [2.05, 4.69) is 17.2 Å². The molecule has 1 amide bonds. The van der Waals surface area contributed by atoms with E-state index in [0.29, 0.717) is 6.54 Å². The van der Waals surface area contributed by atoms with Crippen molar-refractivity contribution in [3.8, 4) is 0 Å². The Hall–Kier alpha value is -1.14. The summed E-state index contributed by atoms with van der Waals surface area (Å²) in [5, 5.41) is 3.41. The highest BCUT2D eigenvalue weighted by Crippen LogP contribution is 2.16. The smallest absolute Gasteiger partial charge is 0.410 e. The Kier molecular flexibility index (Phi) is 6.61. The highest BCUT2D eigenvalue weighted by molar-refractivity contribution is 7.09. The molecule has 1 unspecified atom stereocenters. The van der Waals surface area contributed by atoms with Gasteiger partial charge in [0.15, 0.2) is 0 Å². The van der Waals surface area contributed by atoms with Crippen LogP contribution in [0.2, 0.25) is 0 Å². The molecule has 0 aliphatic carbocycles. The number of amides is 1. The zero-order chi connectivity index (χ0) is 16.0. The number of nitrogens with zero attached hydrogens (tertiary/aromatic N) is 2. The number of ether oxygens (including phenoxy) is 1. The van der Waals surface area contributed by atoms with Crippen LogP contribution in [0, 0.1) is 0 Å². The lowest BCUT2D eigenvalue weighted by Crippen LogP contribution is -2.44. The lowest BCUT2D eigenvalue weighted by molar-refractivity contribution is 0.0192. The molecule has 0 radical (unpaired) electrons. The second kappa shape index (κ2) is 7.75. The minimum atomic E-state index is -0.465. The van der Waals surface area contributed by atoms with Crippen molar-refractivity contribution in [3.05, 3.63) is 16.6 Å². The Morgan fingerprint density at radius 1 is 1.43 bits per heavy atom. The molecule has 1 rings (SSSR count). The van der Waals surface area contributed by atoms with Crippen LogP contribution in [0.15, 0.2) is 11.7 Å². The molecule has 120 valence electrons. The fourth-order valence-electron chi connectivity index (χ4n) is 1.82. The Labute approximate surface area is 131 Å². The van der Waals surface area contributed by atoms with Gasteiger partial charge in [0.25, 0.3) is 0 Å². The number of thiazole rings is 1. The van der Waals surface area contributed by atoms with Gasteiger partial charge in [0, 0.05) is 36.2 Å². The van der Waals surface area contributed by atoms with Gasteiger partial charge in [-0.1, -0.05) is 0 Å². The minimum absolute atomic E-state index is 0.111. The SMILES string of the molecule is CC(NCCN(C(=O)OC(C)(C)C)C(C)C)c1cncs1. The van der Waals surface area contributed by atoms with Crippen molar-refractivity contribution < 1.29 is 9.53 Å². The molecule has 21 heavy (non-hydrogen) atoms. The van der Waals surface area contributed by atoms with Crippen LogP contribution in [0.1, 0.15) is 52.5 Å². The third-order valence-corrected chi connectivity index (χ3v) is 3.89. The maximum Gasteiger partial charge on any atom is 0.410 e. The average Bonchev–Trinajstić information content (AvgIpc) is 2.85. The summed E-state index contributed by atoms with van der Waals surface area (Å²) >= 11 is 1.63. The van der Waals surface area contributed by atoms with Gasteiger partial charge in [0.1, 0.15) is 5.60 Å². The number of nitrogens with one attached hydrogen (secondary N) is 1. The monoisotopic (exact) mass is 313 g/mol. The van der Waals surface area contributed by atoms with E-state index in [1.54, 1.807) is 16.2 Å². The van der Waals surface area contributed by atoms with Crippen LogP contribution in [0.3, 0.4) is 0 Å². The normalized spacial score (nSPS) is 13.3. The van der Waals surface area contributed by atoms with Crippen LogP contribution in [0.25, 0.3) is 0 Å². The summed E-state index contributed by atoms with van der Waals surface area (Å²) in [6, 6.07) is 0.352. The molecule has 1 aromatic rings. The van der Waals surface area contributed by atoms with Crippen molar-refractivity contribution in [3.63, 3.8) is 0 Å². The fraction of sp³-hybridized carbons (Fsp3) is 0.733. The lowest BCUT2D eigenvalue weighted by Gasteiger charge is -2.30. The fourth-order valence-corrected chi connectivity index (χ4v) is 2.48. The molecule has 0 aliphatic heterocycles. The molecular weight excluding hydrogens is 286 g/mol. The van der Waals surface area contributed by atoms with Gasteiger partial charge in [-0.25, -0.2) is 4.79 Å². The zero-order valence-electron chi connectivity index (χ0n) is 13.8. The Morgan fingerprint density at radius 3 is 2.57 bits per heavy atom. The van der Waals surface area contributed by atoms with Gasteiger partial charge in [-0.05, 0) is 41.5 Å². The highest BCUT2D eigenvalue weighted by atomic mass is 32.1. The van der Waals surface area contributed by atoms with Crippen LogP contribution in [-0.2, 0) is 4.74 Å². The van der Waals surface area contributed by atoms with Crippen LogP contribution in [0.5, 0.6) is 0 Å². The van der Waals surface area contributed by atoms with E-state index in [1.165, 1.54) is 4.88 Å². The van der Waals surface area contributed by atoms with Gasteiger partial charge in [0.2, 0.25) is 0 Å². The van der Waals surface area contributed by atoms with Crippen molar-refractivity contribution in [1.82, 2.24) is 15.2 Å². The van der Waals surface area contributed by atoms with E-state index in [0.717, 1.165) is 6.54 Å². The van der Waals surface area contributed by atoms with Crippen LogP contribution < -0.4 is 5.32 Å². The molecule has 0 aliphatic rings. The Bertz CT molecular complexity index is 427. The summed E-state index contributed by atoms with van der Waals surface area (Å²) in [5.74, 6) is 0. The molecule has 0 saturated carbocycles. The molecule has 1 N–H and O–H groups in total. The molecule has 1 heterocycles. The second-order valence-electron chi connectivity index (χ2n) is 6.35. The van der Waals surface area contributed by atoms with Crippen molar-refractivity contribution in [2.75, 3.05) is 13.1 Å². The van der Waals surface area contributed by atoms with Crippen molar-refractivity contribution in [1.29, 1.82) is 0 Å². The predicted octanol–water partition coefficient (Wildman–Crippen LogP) is 3.44. The molecule has 1 atom stereocenters. The van der Waals surface area contributed by atoms with Crippen molar-refractivity contribution in [2.45, 2.75) is 59.2 Å². The van der Waals surface area contributed by atoms with E-state index in [4.69, 9.17) is 4.74 Å². The molecule has 0 saturated heterocycles. The number of hydrogen-bond acceptors (Lipinski definition) is 5. The van der Waals surface area contributed by atoms with Crippen molar-refractivity contribution >= 4 is 17.4 Å². The van der Waals surface area contributed by atoms with Crippen LogP contribution in [-0.4, -0.2) is 40.7 Å². The number of hydrogen-bond donors (Lipinski definition) is 1. The van der Waals surface area contributed by atoms with Gasteiger partial charge < -0.3 is 15.0 Å². The Morgan fingerprint density at radius 2 is 2.10 bits per heavy atom. The number of carbonyl (C=O) groups is 1. The van der Waals surface area contributed by atoms with Gasteiger partial charge in [-0.15, -0.1) is 11.3 Å². The first-order valence-electron chi connectivity index (χ1n) is 7.32. The molecule has 0 spiro atoms. The summed E-state index contributed by atoms with van der Waals surface area (Å²) in [4.78, 5) is 19.2. The summed E-state index contributed by atoms with van der Waals surface area (Å²) < 4.78 is 5.44. The summed E-state index contributed by atoms with van der Waals surface area (Å²) in [6.07, 6.45) is 1.61. The number of carbonyl (C=O) groups excluding carboxylic acids is 1. The first-order chi connectivity index (χ1) is 9.70. The minimum Gasteiger partial charge on any atom is -0.444 e. The first-order valence-corrected chi connectivity index (χ1v) is 8.20. The number of aromatic nitrogens is 1. The van der Waals surface area contributed by atoms with E-state index >= 15 is 0 Å². The zero-order valence-corrected chi connectivity index (χ0v) is 14.7. The predicted molar refractivity (Wildman–Crippen MR) is 86.6 cm³/mol. The molecule has 1 aromatic heterocycles. The summed E-state index contributed by atoms with van der Waals surface area (Å²) in [6.45, 7) is 13.1. The molecule has 0 fully saturated rings. The third kappa shape index (κ3) is 6.44. The van der Waals surface area contributed by atoms with E-state index in [-0.39, 0.29) is 18.2 Å². The van der Waals surface area contributed by atoms with Crippen LogP contribution in [0.4, 0.5) is 4.79 Å². The van der Waals surface area contributed by atoms with Gasteiger partial charge in [-0.2, -0.15) is 0 Å². The first kappa shape index (κ1) is 17.9. The molecular formula is C15H27N3O2S. The van der Waals surface area contributed by atoms with E-state index < -0.39 is 5.60 Å². The van der Waals surface area contributed by atoms with E-state index in [9.17, 15) is 4.79 Å².